The summed E-state index contributed by atoms with van der Waals surface area (Å²) in [5.41, 5.74) is 1.46. The van der Waals surface area contributed by atoms with Crippen LogP contribution < -0.4 is 0 Å². The van der Waals surface area contributed by atoms with E-state index in [-0.39, 0.29) is 25.3 Å². The summed E-state index contributed by atoms with van der Waals surface area (Å²) in [7, 11) is 1.29. The molecule has 0 amide bonds. The number of ether oxygens (including phenoxy) is 2. The molecule has 0 heterocycles. The van der Waals surface area contributed by atoms with Gasteiger partial charge in [0.1, 0.15) is 12.4 Å². The number of esters is 2. The van der Waals surface area contributed by atoms with Gasteiger partial charge in [-0.05, 0) is 48.2 Å². The van der Waals surface area contributed by atoms with Gasteiger partial charge in [-0.15, -0.1) is 0 Å². The molecule has 6 heteroatoms. The minimum absolute atomic E-state index is 0.0651. The van der Waals surface area contributed by atoms with Gasteiger partial charge in [0.2, 0.25) is 0 Å². The van der Waals surface area contributed by atoms with Crippen molar-refractivity contribution in [1.29, 1.82) is 0 Å². The molecule has 0 saturated heterocycles. The fourth-order valence-electron chi connectivity index (χ4n) is 2.57. The normalized spacial score (nSPS) is 11.7. The molecule has 0 aliphatic carbocycles. The molecule has 0 fully saturated rings. The zero-order valence-electron chi connectivity index (χ0n) is 14.4. The third-order valence-corrected chi connectivity index (χ3v) is 4.13. The number of hydrogen-bond donors (Lipinski definition) is 0. The molecule has 2 rings (SSSR count). The second-order valence-electron chi connectivity index (χ2n) is 5.88. The van der Waals surface area contributed by atoms with Gasteiger partial charge in [0.25, 0.3) is 0 Å². The lowest BCUT2D eigenvalue weighted by molar-refractivity contribution is -0.148. The maximum Gasteiger partial charge on any atom is 0.309 e. The minimum Gasteiger partial charge on any atom is -0.469 e. The van der Waals surface area contributed by atoms with Crippen molar-refractivity contribution in [2.45, 2.75) is 25.9 Å². The van der Waals surface area contributed by atoms with Crippen molar-refractivity contribution >= 4 is 23.5 Å². The lowest BCUT2D eigenvalue weighted by Gasteiger charge is -2.14. The second-order valence-corrected chi connectivity index (χ2v) is 6.32. The number of benzene rings is 2. The Morgan fingerprint density at radius 1 is 1.12 bits per heavy atom. The van der Waals surface area contributed by atoms with Crippen LogP contribution in [0.15, 0.2) is 48.5 Å². The van der Waals surface area contributed by atoms with Crippen LogP contribution in [0, 0.1) is 11.7 Å². The van der Waals surface area contributed by atoms with Crippen LogP contribution in [0.5, 0.6) is 0 Å². The van der Waals surface area contributed by atoms with Gasteiger partial charge in [-0.1, -0.05) is 35.9 Å². The highest BCUT2D eigenvalue weighted by molar-refractivity contribution is 6.30. The molecule has 4 nitrogen and oxygen atoms in total. The molecule has 0 saturated carbocycles. The lowest BCUT2D eigenvalue weighted by atomic mass is 9.95. The molecule has 138 valence electrons. The highest BCUT2D eigenvalue weighted by Crippen LogP contribution is 2.18. The first-order chi connectivity index (χ1) is 12.5. The molecule has 0 spiro atoms. The highest BCUT2D eigenvalue weighted by atomic mass is 35.5. The average molecular weight is 379 g/mol. The second kappa shape index (κ2) is 9.92. The van der Waals surface area contributed by atoms with Crippen LogP contribution in [0.3, 0.4) is 0 Å². The van der Waals surface area contributed by atoms with Crippen LogP contribution in [0.1, 0.15) is 24.0 Å². The van der Waals surface area contributed by atoms with Gasteiger partial charge in [0.05, 0.1) is 13.0 Å². The molecule has 1 atom stereocenters. The molecule has 0 aromatic heterocycles. The van der Waals surface area contributed by atoms with Gasteiger partial charge >= 0.3 is 11.9 Å². The van der Waals surface area contributed by atoms with Crippen molar-refractivity contribution < 1.29 is 23.5 Å². The Bertz CT molecular complexity index is 763. The van der Waals surface area contributed by atoms with Crippen molar-refractivity contribution in [3.05, 3.63) is 70.5 Å². The molecular weight excluding hydrogens is 359 g/mol. The summed E-state index contributed by atoms with van der Waals surface area (Å²) < 4.78 is 23.3. The van der Waals surface area contributed by atoms with Gasteiger partial charge < -0.3 is 9.47 Å². The summed E-state index contributed by atoms with van der Waals surface area (Å²) in [4.78, 5) is 23.9. The van der Waals surface area contributed by atoms with Gasteiger partial charge in [-0.25, -0.2) is 4.39 Å². The van der Waals surface area contributed by atoms with Crippen LogP contribution in [0.4, 0.5) is 4.39 Å². The predicted octanol–water partition coefficient (Wildman–Crippen LogP) is 4.33. The van der Waals surface area contributed by atoms with Crippen LogP contribution in [-0.4, -0.2) is 19.0 Å². The first-order valence-corrected chi connectivity index (χ1v) is 8.58. The van der Waals surface area contributed by atoms with Crippen LogP contribution in [0.25, 0.3) is 0 Å². The number of carbonyl (C=O) groups excluding carboxylic acids is 2. The molecule has 0 unspecified atom stereocenters. The predicted molar refractivity (Wildman–Crippen MR) is 96.1 cm³/mol. The smallest absolute Gasteiger partial charge is 0.309 e. The van der Waals surface area contributed by atoms with Gasteiger partial charge in [-0.3, -0.25) is 9.59 Å². The number of methoxy groups -OCH3 is 1. The van der Waals surface area contributed by atoms with Gasteiger partial charge in [0.15, 0.2) is 0 Å². The molecular formula is C20H20ClFO4. The molecule has 0 N–H and O–H groups in total. The summed E-state index contributed by atoms with van der Waals surface area (Å²) in [6.45, 7) is 0.117. The topological polar surface area (TPSA) is 52.6 Å². The number of halogens is 2. The van der Waals surface area contributed by atoms with E-state index in [4.69, 9.17) is 21.1 Å². The summed E-state index contributed by atoms with van der Waals surface area (Å²) in [6.07, 6.45) is 0.624. The number of hydrogen-bond acceptors (Lipinski definition) is 4. The molecule has 2 aromatic carbocycles. The molecule has 0 aliphatic heterocycles. The zero-order valence-corrected chi connectivity index (χ0v) is 15.2. The van der Waals surface area contributed by atoms with E-state index in [0.717, 1.165) is 5.56 Å². The third kappa shape index (κ3) is 6.48. The Morgan fingerprint density at radius 3 is 2.54 bits per heavy atom. The Balaban J connectivity index is 1.87. The van der Waals surface area contributed by atoms with Gasteiger partial charge in [0, 0.05) is 11.4 Å². The van der Waals surface area contributed by atoms with E-state index in [1.807, 2.05) is 0 Å². The quantitative estimate of drug-likeness (QED) is 0.641. The van der Waals surface area contributed by atoms with E-state index in [0.29, 0.717) is 17.0 Å². The van der Waals surface area contributed by atoms with Crippen molar-refractivity contribution in [3.63, 3.8) is 0 Å². The van der Waals surface area contributed by atoms with Crippen LogP contribution >= 0.6 is 11.6 Å². The maximum absolute atomic E-state index is 13.3. The maximum atomic E-state index is 13.3. The van der Waals surface area contributed by atoms with Crippen LogP contribution in [0.2, 0.25) is 5.02 Å². The molecule has 0 aliphatic rings. The van der Waals surface area contributed by atoms with E-state index >= 15 is 0 Å². The first-order valence-electron chi connectivity index (χ1n) is 8.20. The molecule has 0 radical (unpaired) electrons. The summed E-state index contributed by atoms with van der Waals surface area (Å²) in [5.74, 6) is -1.76. The van der Waals surface area contributed by atoms with E-state index < -0.39 is 17.9 Å². The SMILES string of the molecule is COC(=O)[C@@H](CCC(=O)OCc1cccc(Cl)c1)Cc1cccc(F)c1. The van der Waals surface area contributed by atoms with E-state index in [9.17, 15) is 14.0 Å². The largest absolute Gasteiger partial charge is 0.469 e. The van der Waals surface area contributed by atoms with E-state index in [1.54, 1.807) is 36.4 Å². The molecule has 0 bridgehead atoms. The third-order valence-electron chi connectivity index (χ3n) is 3.89. The number of carbonyl (C=O) groups is 2. The highest BCUT2D eigenvalue weighted by Gasteiger charge is 2.21. The fourth-order valence-corrected chi connectivity index (χ4v) is 2.79. The Hall–Kier alpha value is -2.40. The molecule has 2 aromatic rings. The van der Waals surface area contributed by atoms with E-state index in [2.05, 4.69) is 0 Å². The minimum atomic E-state index is -0.541. The summed E-state index contributed by atoms with van der Waals surface area (Å²) in [5, 5.41) is 0.569. The van der Waals surface area contributed by atoms with Crippen LogP contribution in [-0.2, 0) is 32.1 Å². The first kappa shape index (κ1) is 19.9. The summed E-state index contributed by atoms with van der Waals surface area (Å²) in [6, 6.07) is 13.1. The Kier molecular flexibility index (Phi) is 7.60. The zero-order chi connectivity index (χ0) is 18.9. The average Bonchev–Trinajstić information content (AvgIpc) is 2.63. The Labute approximate surface area is 156 Å². The van der Waals surface area contributed by atoms with Crippen molar-refractivity contribution in [2.24, 2.45) is 5.92 Å². The monoisotopic (exact) mass is 378 g/mol. The Morgan fingerprint density at radius 2 is 1.85 bits per heavy atom. The van der Waals surface area contributed by atoms with Gasteiger partial charge in [-0.2, -0.15) is 0 Å². The van der Waals surface area contributed by atoms with Crippen molar-refractivity contribution in [3.8, 4) is 0 Å². The van der Waals surface area contributed by atoms with E-state index in [1.165, 1.54) is 19.2 Å². The molecule has 26 heavy (non-hydrogen) atoms. The standard InChI is InChI=1S/C20H20ClFO4/c1-25-20(24)16(10-14-4-3-7-18(22)12-14)8-9-19(23)26-13-15-5-2-6-17(21)11-15/h2-7,11-12,16H,8-10,13H2,1H3/t16-/m0/s1. The lowest BCUT2D eigenvalue weighted by Crippen LogP contribution is -2.20. The number of rotatable bonds is 8. The van der Waals surface area contributed by atoms with Crippen molar-refractivity contribution in [1.82, 2.24) is 0 Å². The van der Waals surface area contributed by atoms with Crippen molar-refractivity contribution in [2.75, 3.05) is 7.11 Å². The fraction of sp³-hybridized carbons (Fsp3) is 0.300. The summed E-state index contributed by atoms with van der Waals surface area (Å²) >= 11 is 5.88.